The highest BCUT2D eigenvalue weighted by molar-refractivity contribution is 6.31. The summed E-state index contributed by atoms with van der Waals surface area (Å²) in [7, 11) is 0. The van der Waals surface area contributed by atoms with Gasteiger partial charge in [0.25, 0.3) is 0 Å². The van der Waals surface area contributed by atoms with E-state index in [1.54, 1.807) is 5.57 Å². The molecule has 3 aliphatic carbocycles. The van der Waals surface area contributed by atoms with Crippen molar-refractivity contribution in [1.82, 2.24) is 9.97 Å². The summed E-state index contributed by atoms with van der Waals surface area (Å²) in [5, 5.41) is 11.0. The van der Waals surface area contributed by atoms with Gasteiger partial charge in [-0.2, -0.15) is 0 Å². The van der Waals surface area contributed by atoms with Crippen LogP contribution >= 0.6 is 11.6 Å². The van der Waals surface area contributed by atoms with Crippen molar-refractivity contribution in [3.8, 4) is 0 Å². The van der Waals surface area contributed by atoms with Crippen molar-refractivity contribution in [3.63, 3.8) is 0 Å². The van der Waals surface area contributed by atoms with Gasteiger partial charge in [-0.05, 0) is 106 Å². The minimum atomic E-state index is 0.584. The zero-order valence-electron chi connectivity index (χ0n) is 26.4. The van der Waals surface area contributed by atoms with Crippen molar-refractivity contribution in [1.29, 1.82) is 0 Å². The fourth-order valence-corrected chi connectivity index (χ4v) is 8.38. The van der Waals surface area contributed by atoms with E-state index in [1.165, 1.54) is 109 Å². The lowest BCUT2D eigenvalue weighted by Gasteiger charge is -2.36. The van der Waals surface area contributed by atoms with Gasteiger partial charge in [0.1, 0.15) is 0 Å². The average Bonchev–Trinajstić information content (AvgIpc) is 3.02. The topological polar surface area (TPSA) is 49.8 Å². The highest BCUT2D eigenvalue weighted by Gasteiger charge is 2.33. The first kappa shape index (κ1) is 29.6. The third-order valence-electron chi connectivity index (χ3n) is 10.2. The Labute approximate surface area is 268 Å². The van der Waals surface area contributed by atoms with Crippen molar-refractivity contribution < 1.29 is 0 Å². The maximum absolute atomic E-state index is 6.38. The molecule has 3 aliphatic rings. The number of unbranched alkanes of at least 4 members (excludes halogenated alkanes) is 6. The molecule has 0 fully saturated rings. The number of hydrogen-bond donors (Lipinski definition) is 2. The van der Waals surface area contributed by atoms with Gasteiger partial charge in [-0.1, -0.05) is 73.6 Å². The molecule has 4 aromatic rings. The Morgan fingerprint density at radius 1 is 0.750 bits per heavy atom. The molecule has 44 heavy (non-hydrogen) atoms. The van der Waals surface area contributed by atoms with Crippen LogP contribution in [0.15, 0.2) is 54.1 Å². The van der Waals surface area contributed by atoms with Crippen LogP contribution in [0.5, 0.6) is 0 Å². The first-order valence-electron chi connectivity index (χ1n) is 17.3. The SMILES string of the molecule is CC1=C[C@H]2Cc3nc4cc(Cl)ccc4c(NCCCCCCCCCNc4c5c(nc6ccccc46)CCCC5)c3[C@@H](C1)C2. The van der Waals surface area contributed by atoms with Crippen molar-refractivity contribution in [2.24, 2.45) is 5.92 Å². The fourth-order valence-electron chi connectivity index (χ4n) is 8.21. The average molecular weight is 607 g/mol. The molecule has 2 heterocycles. The number of nitrogens with one attached hydrogen (secondary N) is 2. The van der Waals surface area contributed by atoms with Crippen molar-refractivity contribution >= 4 is 44.8 Å². The predicted molar refractivity (Wildman–Crippen MR) is 187 cm³/mol. The predicted octanol–water partition coefficient (Wildman–Crippen LogP) is 10.6. The molecule has 230 valence electrons. The van der Waals surface area contributed by atoms with E-state index in [0.717, 1.165) is 54.8 Å². The number of aromatic nitrogens is 2. The third-order valence-corrected chi connectivity index (χ3v) is 10.5. The minimum Gasteiger partial charge on any atom is -0.384 e. The number of pyridine rings is 2. The molecule has 0 radical (unpaired) electrons. The molecule has 0 spiro atoms. The van der Waals surface area contributed by atoms with Crippen molar-refractivity contribution in [2.45, 2.75) is 103 Å². The summed E-state index contributed by atoms with van der Waals surface area (Å²) in [6.45, 7) is 4.38. The normalized spacial score (nSPS) is 19.0. The Kier molecular flexibility index (Phi) is 9.07. The molecule has 5 heteroatoms. The van der Waals surface area contributed by atoms with Gasteiger partial charge in [0.05, 0.1) is 11.0 Å². The number of fused-ring (bicyclic) bond motifs is 7. The summed E-state index contributed by atoms with van der Waals surface area (Å²) in [4.78, 5) is 10.1. The van der Waals surface area contributed by atoms with Gasteiger partial charge in [-0.25, -0.2) is 0 Å². The van der Waals surface area contributed by atoms with E-state index in [2.05, 4.69) is 54.0 Å². The smallest absolute Gasteiger partial charge is 0.0741 e. The van der Waals surface area contributed by atoms with E-state index in [4.69, 9.17) is 21.6 Å². The maximum Gasteiger partial charge on any atom is 0.0741 e. The molecule has 2 aromatic carbocycles. The highest BCUT2D eigenvalue weighted by Crippen LogP contribution is 2.47. The molecule has 4 nitrogen and oxygen atoms in total. The van der Waals surface area contributed by atoms with Crippen molar-refractivity contribution in [3.05, 3.63) is 81.7 Å². The van der Waals surface area contributed by atoms with Crippen LogP contribution in [0.2, 0.25) is 5.02 Å². The second kappa shape index (κ2) is 13.5. The van der Waals surface area contributed by atoms with Crippen LogP contribution in [-0.4, -0.2) is 23.1 Å². The summed E-state index contributed by atoms with van der Waals surface area (Å²) in [5.74, 6) is 1.22. The molecule has 0 aliphatic heterocycles. The van der Waals surface area contributed by atoms with E-state index in [1.807, 2.05) is 12.1 Å². The molecule has 0 amide bonds. The molecule has 0 saturated heterocycles. The number of anilines is 2. The summed E-state index contributed by atoms with van der Waals surface area (Å²) in [6.07, 6.45) is 19.8. The number of nitrogens with zero attached hydrogens (tertiary/aromatic N) is 2. The van der Waals surface area contributed by atoms with Crippen molar-refractivity contribution in [2.75, 3.05) is 23.7 Å². The van der Waals surface area contributed by atoms with Crippen LogP contribution in [0.25, 0.3) is 21.8 Å². The lowest BCUT2D eigenvalue weighted by Crippen LogP contribution is -2.24. The largest absolute Gasteiger partial charge is 0.384 e. The second-order valence-electron chi connectivity index (χ2n) is 13.6. The Bertz CT molecular complexity index is 1670. The van der Waals surface area contributed by atoms with Gasteiger partial charge in [0.2, 0.25) is 0 Å². The van der Waals surface area contributed by atoms with Gasteiger partial charge in [-0.3, -0.25) is 9.97 Å². The van der Waals surface area contributed by atoms with Gasteiger partial charge < -0.3 is 10.6 Å². The monoisotopic (exact) mass is 606 g/mol. The minimum absolute atomic E-state index is 0.584. The van der Waals surface area contributed by atoms with E-state index >= 15 is 0 Å². The zero-order chi connectivity index (χ0) is 29.9. The lowest BCUT2D eigenvalue weighted by atomic mass is 9.71. The summed E-state index contributed by atoms with van der Waals surface area (Å²) < 4.78 is 0. The molecular weight excluding hydrogens is 560 g/mol. The molecule has 7 rings (SSSR count). The third kappa shape index (κ3) is 6.33. The summed E-state index contributed by atoms with van der Waals surface area (Å²) in [6, 6.07) is 14.9. The Morgan fingerprint density at radius 2 is 1.45 bits per heavy atom. The molecule has 0 unspecified atom stereocenters. The fraction of sp³-hybridized carbons (Fsp3) is 0.487. The number of rotatable bonds is 12. The van der Waals surface area contributed by atoms with Gasteiger partial charge in [0.15, 0.2) is 0 Å². The van der Waals surface area contributed by atoms with Crippen LogP contribution in [0, 0.1) is 5.92 Å². The van der Waals surface area contributed by atoms with E-state index < -0.39 is 0 Å². The Hall–Kier alpha value is -3.11. The van der Waals surface area contributed by atoms with Gasteiger partial charge >= 0.3 is 0 Å². The first-order valence-corrected chi connectivity index (χ1v) is 17.7. The number of para-hydroxylation sites is 1. The molecule has 0 saturated carbocycles. The maximum atomic E-state index is 6.38. The second-order valence-corrected chi connectivity index (χ2v) is 14.0. The van der Waals surface area contributed by atoms with Crippen LogP contribution in [-0.2, 0) is 19.3 Å². The molecular formula is C39H47ClN4. The van der Waals surface area contributed by atoms with E-state index in [9.17, 15) is 0 Å². The van der Waals surface area contributed by atoms with Gasteiger partial charge in [-0.15, -0.1) is 0 Å². The number of hydrogen-bond acceptors (Lipinski definition) is 4. The standard InChI is InChI=1S/C39H47ClN4/c1-26-21-27-23-28(22-26)37-36(24-27)44-35-25-29(40)17-18-32(35)39(37)42-20-12-6-4-2-3-5-11-19-41-38-30-13-7-9-15-33(30)43-34-16-10-8-14-31(34)38/h7,9,13,15,17-18,21,25,27-28H,2-6,8,10-12,14,16,19-20,22-24H2,1H3,(H,41,43)(H,42,44)/t27-,28+/m1/s1. The number of halogens is 1. The van der Waals surface area contributed by atoms with E-state index in [0.29, 0.717) is 11.8 Å². The molecule has 2 bridgehead atoms. The van der Waals surface area contributed by atoms with E-state index in [-0.39, 0.29) is 0 Å². The number of allylic oxidation sites excluding steroid dienone is 2. The Balaban J connectivity index is 0.870. The highest BCUT2D eigenvalue weighted by atomic mass is 35.5. The zero-order valence-corrected chi connectivity index (χ0v) is 27.1. The van der Waals surface area contributed by atoms with Crippen LogP contribution < -0.4 is 10.6 Å². The lowest BCUT2D eigenvalue weighted by molar-refractivity contribution is 0.433. The molecule has 2 N–H and O–H groups in total. The Morgan fingerprint density at radius 3 is 2.30 bits per heavy atom. The number of benzene rings is 2. The molecule has 2 atom stereocenters. The number of aryl methyl sites for hydroxylation is 1. The summed E-state index contributed by atoms with van der Waals surface area (Å²) in [5.41, 5.74) is 12.0. The van der Waals surface area contributed by atoms with Crippen LogP contribution in [0.1, 0.15) is 106 Å². The quantitative estimate of drug-likeness (QED) is 0.124. The summed E-state index contributed by atoms with van der Waals surface area (Å²) >= 11 is 6.38. The molecule has 2 aromatic heterocycles. The first-order chi connectivity index (χ1) is 21.6. The van der Waals surface area contributed by atoms with Crippen LogP contribution in [0.3, 0.4) is 0 Å². The van der Waals surface area contributed by atoms with Crippen LogP contribution in [0.4, 0.5) is 11.4 Å². The van der Waals surface area contributed by atoms with Gasteiger partial charge in [0, 0.05) is 57.2 Å².